The van der Waals surface area contributed by atoms with Crippen LogP contribution in [0.3, 0.4) is 0 Å². The predicted molar refractivity (Wildman–Crippen MR) is 77.2 cm³/mol. The lowest BCUT2D eigenvalue weighted by Crippen LogP contribution is -2.42. The molecule has 1 N–H and O–H groups in total. The highest BCUT2D eigenvalue weighted by Gasteiger charge is 2.55. The van der Waals surface area contributed by atoms with Gasteiger partial charge in [0.05, 0.1) is 12.6 Å². The standard InChI is InChI=1S/C14H23N3O6/c1-14(2)22-12-10(18)11(21-13(12)23-14)8(16-17-15)7-20-9-5-3-4-6-19-9/h8-13,18H,3-7H2,1-2H3/t8-,9?,10+,11-,12-,13-/m1/s1. The van der Waals surface area contributed by atoms with Crippen molar-refractivity contribution in [2.45, 2.75) is 75.8 Å². The van der Waals surface area contributed by atoms with E-state index in [1.54, 1.807) is 13.8 Å². The Hall–Kier alpha value is -0.930. The zero-order valence-electron chi connectivity index (χ0n) is 13.3. The summed E-state index contributed by atoms with van der Waals surface area (Å²) >= 11 is 0. The molecule has 0 aromatic rings. The molecule has 0 spiro atoms. The molecule has 1 unspecified atom stereocenters. The number of aliphatic hydroxyl groups is 1. The number of aliphatic hydroxyl groups excluding tert-OH is 1. The van der Waals surface area contributed by atoms with Crippen molar-refractivity contribution >= 4 is 0 Å². The van der Waals surface area contributed by atoms with Gasteiger partial charge in [0.1, 0.15) is 18.3 Å². The van der Waals surface area contributed by atoms with Crippen molar-refractivity contribution in [3.8, 4) is 0 Å². The molecule has 23 heavy (non-hydrogen) atoms. The van der Waals surface area contributed by atoms with Crippen molar-refractivity contribution in [1.82, 2.24) is 0 Å². The van der Waals surface area contributed by atoms with Gasteiger partial charge in [-0.05, 0) is 38.6 Å². The zero-order valence-corrected chi connectivity index (χ0v) is 13.3. The highest BCUT2D eigenvalue weighted by atomic mass is 16.8. The minimum absolute atomic E-state index is 0.110. The van der Waals surface area contributed by atoms with Gasteiger partial charge < -0.3 is 28.8 Å². The molecular weight excluding hydrogens is 306 g/mol. The summed E-state index contributed by atoms with van der Waals surface area (Å²) in [4.78, 5) is 2.83. The van der Waals surface area contributed by atoms with Crippen LogP contribution in [-0.4, -0.2) is 61.0 Å². The number of azide groups is 1. The fourth-order valence-electron chi connectivity index (χ4n) is 3.14. The zero-order chi connectivity index (χ0) is 16.4. The van der Waals surface area contributed by atoms with E-state index in [0.29, 0.717) is 6.61 Å². The Morgan fingerprint density at radius 1 is 1.39 bits per heavy atom. The summed E-state index contributed by atoms with van der Waals surface area (Å²) in [5, 5.41) is 14.1. The van der Waals surface area contributed by atoms with Crippen molar-refractivity contribution in [3.63, 3.8) is 0 Å². The van der Waals surface area contributed by atoms with E-state index in [1.165, 1.54) is 0 Å². The van der Waals surface area contributed by atoms with Crippen LogP contribution in [0.4, 0.5) is 0 Å². The fourth-order valence-corrected chi connectivity index (χ4v) is 3.14. The van der Waals surface area contributed by atoms with E-state index in [1.807, 2.05) is 0 Å². The molecule has 130 valence electrons. The molecule has 9 heteroatoms. The van der Waals surface area contributed by atoms with Crippen LogP contribution in [0.1, 0.15) is 33.1 Å². The Kier molecular flexibility index (Phi) is 5.07. The second-order valence-corrected chi connectivity index (χ2v) is 6.46. The predicted octanol–water partition coefficient (Wildman–Crippen LogP) is 1.45. The number of rotatable bonds is 5. The van der Waals surface area contributed by atoms with Crippen LogP contribution >= 0.6 is 0 Å². The number of hydrogen-bond acceptors (Lipinski definition) is 7. The fraction of sp³-hybridized carbons (Fsp3) is 1.00. The maximum atomic E-state index is 10.4. The third-order valence-corrected chi connectivity index (χ3v) is 4.22. The van der Waals surface area contributed by atoms with Crippen LogP contribution in [0, 0.1) is 0 Å². The lowest BCUT2D eigenvalue weighted by Gasteiger charge is -2.28. The van der Waals surface area contributed by atoms with Crippen LogP contribution in [0.5, 0.6) is 0 Å². The number of ether oxygens (including phenoxy) is 5. The molecule has 0 radical (unpaired) electrons. The van der Waals surface area contributed by atoms with Gasteiger partial charge in [-0.15, -0.1) is 0 Å². The third kappa shape index (κ3) is 3.77. The minimum Gasteiger partial charge on any atom is -0.387 e. The molecule has 3 rings (SSSR count). The molecule has 0 aliphatic carbocycles. The first-order chi connectivity index (χ1) is 11.0. The van der Waals surface area contributed by atoms with E-state index in [9.17, 15) is 5.11 Å². The molecule has 3 aliphatic rings. The van der Waals surface area contributed by atoms with Crippen molar-refractivity contribution in [2.75, 3.05) is 13.2 Å². The van der Waals surface area contributed by atoms with Crippen molar-refractivity contribution < 1.29 is 28.8 Å². The van der Waals surface area contributed by atoms with E-state index in [0.717, 1.165) is 19.3 Å². The van der Waals surface area contributed by atoms with Gasteiger partial charge in [-0.1, -0.05) is 5.11 Å². The Morgan fingerprint density at radius 2 is 2.22 bits per heavy atom. The normalized spacial score (nSPS) is 40.4. The maximum Gasteiger partial charge on any atom is 0.190 e. The first kappa shape index (κ1) is 16.9. The molecule has 0 bridgehead atoms. The molecule has 3 fully saturated rings. The molecule has 0 aromatic carbocycles. The molecular formula is C14H23N3O6. The highest BCUT2D eigenvalue weighted by molar-refractivity contribution is 4.98. The van der Waals surface area contributed by atoms with Gasteiger partial charge in [-0.25, -0.2) is 0 Å². The average Bonchev–Trinajstić information content (AvgIpc) is 2.98. The molecule has 0 saturated carbocycles. The largest absolute Gasteiger partial charge is 0.387 e. The van der Waals surface area contributed by atoms with Crippen LogP contribution < -0.4 is 0 Å². The maximum absolute atomic E-state index is 10.4. The first-order valence-corrected chi connectivity index (χ1v) is 7.97. The summed E-state index contributed by atoms with van der Waals surface area (Å²) < 4.78 is 28.1. The van der Waals surface area contributed by atoms with E-state index < -0.39 is 36.4 Å². The Morgan fingerprint density at radius 3 is 2.87 bits per heavy atom. The lowest BCUT2D eigenvalue weighted by atomic mass is 10.0. The molecule has 0 amide bonds. The molecule has 9 nitrogen and oxygen atoms in total. The average molecular weight is 329 g/mol. The highest BCUT2D eigenvalue weighted by Crippen LogP contribution is 2.38. The summed E-state index contributed by atoms with van der Waals surface area (Å²) in [5.41, 5.74) is 8.78. The summed E-state index contributed by atoms with van der Waals surface area (Å²) in [5.74, 6) is -0.804. The smallest absolute Gasteiger partial charge is 0.190 e. The van der Waals surface area contributed by atoms with Crippen molar-refractivity contribution in [3.05, 3.63) is 10.4 Å². The van der Waals surface area contributed by atoms with Gasteiger partial charge in [0.25, 0.3) is 0 Å². The Bertz CT molecular complexity index is 463. The van der Waals surface area contributed by atoms with E-state index in [2.05, 4.69) is 10.0 Å². The van der Waals surface area contributed by atoms with Crippen LogP contribution in [-0.2, 0) is 23.7 Å². The van der Waals surface area contributed by atoms with Crippen LogP contribution in [0.25, 0.3) is 10.4 Å². The monoisotopic (exact) mass is 329 g/mol. The van der Waals surface area contributed by atoms with Crippen molar-refractivity contribution in [2.24, 2.45) is 5.11 Å². The summed E-state index contributed by atoms with van der Waals surface area (Å²) in [6.45, 7) is 4.29. The minimum atomic E-state index is -0.951. The molecule has 3 aliphatic heterocycles. The molecule has 6 atom stereocenters. The van der Waals surface area contributed by atoms with Crippen molar-refractivity contribution in [1.29, 1.82) is 0 Å². The SMILES string of the molecule is CC1(C)O[C@H]2O[C@H]([C@@H](COC3CCCCO3)N=[N+]=[N-])[C@H](O)[C@H]2O1. The van der Waals surface area contributed by atoms with E-state index in [-0.39, 0.29) is 12.9 Å². The van der Waals surface area contributed by atoms with E-state index >= 15 is 0 Å². The van der Waals surface area contributed by atoms with Gasteiger partial charge >= 0.3 is 0 Å². The third-order valence-electron chi connectivity index (χ3n) is 4.22. The van der Waals surface area contributed by atoms with Gasteiger partial charge in [0.2, 0.25) is 0 Å². The van der Waals surface area contributed by atoms with Crippen LogP contribution in [0.15, 0.2) is 5.11 Å². The molecule has 3 saturated heterocycles. The lowest BCUT2D eigenvalue weighted by molar-refractivity contribution is -0.222. The number of fused-ring (bicyclic) bond motifs is 1. The van der Waals surface area contributed by atoms with E-state index in [4.69, 9.17) is 29.2 Å². The Balaban J connectivity index is 1.59. The molecule has 3 heterocycles. The summed E-state index contributed by atoms with van der Waals surface area (Å²) in [7, 11) is 0. The van der Waals surface area contributed by atoms with Gasteiger partial charge in [0, 0.05) is 11.5 Å². The quantitative estimate of drug-likeness (QED) is 0.463. The molecule has 0 aromatic heterocycles. The van der Waals surface area contributed by atoms with Gasteiger partial charge in [-0.3, -0.25) is 0 Å². The summed E-state index contributed by atoms with van der Waals surface area (Å²) in [6.07, 6.45) is -0.385. The topological polar surface area (TPSA) is 115 Å². The van der Waals surface area contributed by atoms with Crippen LogP contribution in [0.2, 0.25) is 0 Å². The second kappa shape index (κ2) is 6.90. The second-order valence-electron chi connectivity index (χ2n) is 6.46. The van der Waals surface area contributed by atoms with Gasteiger partial charge in [0.15, 0.2) is 18.4 Å². The number of hydrogen-bond donors (Lipinski definition) is 1. The van der Waals surface area contributed by atoms with Gasteiger partial charge in [-0.2, -0.15) is 0 Å². The summed E-state index contributed by atoms with van der Waals surface area (Å²) in [6, 6.07) is -0.679. The number of nitrogens with zero attached hydrogens (tertiary/aromatic N) is 3. The Labute approximate surface area is 134 Å². The first-order valence-electron chi connectivity index (χ1n) is 7.97.